The van der Waals surface area contributed by atoms with Crippen molar-refractivity contribution in [1.29, 1.82) is 0 Å². The van der Waals surface area contributed by atoms with Gasteiger partial charge in [0.15, 0.2) is 5.84 Å². The topological polar surface area (TPSA) is 54.1 Å². The van der Waals surface area contributed by atoms with Gasteiger partial charge in [0.05, 0.1) is 17.0 Å². The van der Waals surface area contributed by atoms with E-state index in [1.807, 2.05) is 0 Å². The number of fused-ring (bicyclic) bond motifs is 1. The number of amidine groups is 1. The Morgan fingerprint density at radius 1 is 1.67 bits per heavy atom. The number of azo groups is 1. The van der Waals surface area contributed by atoms with E-state index in [0.29, 0.717) is 16.6 Å². The first-order valence-corrected chi connectivity index (χ1v) is 3.74. The largest absolute Gasteiger partial charge is 0.252 e. The molecule has 2 heterocycles. The molecule has 2 rings (SSSR count). The molecule has 2 aliphatic heterocycles. The van der Waals surface area contributed by atoms with E-state index < -0.39 is 10.8 Å². The molecule has 46 valence electrons. The van der Waals surface area contributed by atoms with Gasteiger partial charge in [-0.1, -0.05) is 0 Å². The maximum absolute atomic E-state index is 10.9. The molecule has 0 aromatic heterocycles. The third kappa shape index (κ3) is 0.578. The van der Waals surface area contributed by atoms with Gasteiger partial charge in [-0.05, 0) is 0 Å². The minimum atomic E-state index is -0.958. The van der Waals surface area contributed by atoms with Gasteiger partial charge in [-0.15, -0.1) is 5.11 Å². The molecule has 0 aromatic rings. The van der Waals surface area contributed by atoms with Crippen LogP contribution in [0, 0.1) is 0 Å². The van der Waals surface area contributed by atoms with Gasteiger partial charge < -0.3 is 0 Å². The molecule has 9 heavy (non-hydrogen) atoms. The summed E-state index contributed by atoms with van der Waals surface area (Å²) in [5, 5.41) is 7.19. The Morgan fingerprint density at radius 2 is 2.56 bits per heavy atom. The molecule has 1 unspecified atom stereocenters. The number of hydrogen-bond donors (Lipinski definition) is 0. The lowest BCUT2D eigenvalue weighted by Gasteiger charge is -1.82. The SMILES string of the molecule is O=S1CN=C2N=NC=C21. The quantitative estimate of drug-likeness (QED) is 0.482. The highest BCUT2D eigenvalue weighted by Gasteiger charge is 2.23. The van der Waals surface area contributed by atoms with Crippen molar-refractivity contribution in [3.05, 3.63) is 11.1 Å². The third-order valence-electron chi connectivity index (χ3n) is 1.12. The Kier molecular flexibility index (Phi) is 0.869. The highest BCUT2D eigenvalue weighted by Crippen LogP contribution is 2.19. The Labute approximate surface area is 53.8 Å². The molecule has 0 aromatic carbocycles. The summed E-state index contributed by atoms with van der Waals surface area (Å²) in [6, 6.07) is 0. The maximum Gasteiger partial charge on any atom is 0.188 e. The highest BCUT2D eigenvalue weighted by molar-refractivity contribution is 7.90. The summed E-state index contributed by atoms with van der Waals surface area (Å²) in [6.45, 7) is 0. The van der Waals surface area contributed by atoms with Crippen LogP contribution in [0.1, 0.15) is 0 Å². The average Bonchev–Trinajstić information content (AvgIpc) is 2.35. The zero-order valence-electron chi connectivity index (χ0n) is 4.44. The molecular formula is C4H3N3OS. The van der Waals surface area contributed by atoms with Crippen LogP contribution < -0.4 is 0 Å². The Hall–Kier alpha value is -0.840. The molecule has 2 aliphatic rings. The summed E-state index contributed by atoms with van der Waals surface area (Å²) < 4.78 is 10.9. The van der Waals surface area contributed by atoms with Crippen LogP contribution in [-0.4, -0.2) is 15.9 Å². The standard InChI is InChI=1S/C4H3N3OS/c8-9-2-5-4-3(9)1-6-7-4/h1H,2H2. The molecule has 0 saturated heterocycles. The lowest BCUT2D eigenvalue weighted by atomic mass is 10.6. The highest BCUT2D eigenvalue weighted by atomic mass is 32.2. The molecule has 5 heteroatoms. The first kappa shape index (κ1) is 4.99. The van der Waals surface area contributed by atoms with Crippen molar-refractivity contribution in [3.63, 3.8) is 0 Å². The van der Waals surface area contributed by atoms with Crippen LogP contribution in [0.5, 0.6) is 0 Å². The summed E-state index contributed by atoms with van der Waals surface area (Å²) in [5.41, 5.74) is 0. The molecule has 4 nitrogen and oxygen atoms in total. The molecular weight excluding hydrogens is 138 g/mol. The number of aliphatic imine (C=N–C) groups is 1. The van der Waals surface area contributed by atoms with Crippen molar-refractivity contribution in [3.8, 4) is 0 Å². The summed E-state index contributed by atoms with van der Waals surface area (Å²) in [7, 11) is -0.958. The van der Waals surface area contributed by atoms with Crippen molar-refractivity contribution < 1.29 is 4.21 Å². The van der Waals surface area contributed by atoms with Crippen LogP contribution in [0.2, 0.25) is 0 Å². The van der Waals surface area contributed by atoms with E-state index in [9.17, 15) is 4.21 Å². The number of hydrogen-bond acceptors (Lipinski definition) is 4. The van der Waals surface area contributed by atoms with Gasteiger partial charge in [-0.3, -0.25) is 9.20 Å². The van der Waals surface area contributed by atoms with E-state index in [1.54, 1.807) is 0 Å². The van der Waals surface area contributed by atoms with E-state index in [1.165, 1.54) is 6.20 Å². The van der Waals surface area contributed by atoms with E-state index in [4.69, 9.17) is 0 Å². The first-order valence-electron chi connectivity index (χ1n) is 2.42. The second-order valence-corrected chi connectivity index (χ2v) is 3.05. The molecule has 0 saturated carbocycles. The van der Waals surface area contributed by atoms with Crippen LogP contribution in [0.25, 0.3) is 0 Å². The van der Waals surface area contributed by atoms with Gasteiger partial charge in [0.2, 0.25) is 0 Å². The predicted molar refractivity (Wildman–Crippen MR) is 33.4 cm³/mol. The Bertz CT molecular complexity index is 265. The van der Waals surface area contributed by atoms with Crippen molar-refractivity contribution >= 4 is 16.6 Å². The van der Waals surface area contributed by atoms with Crippen LogP contribution in [0.15, 0.2) is 26.3 Å². The maximum atomic E-state index is 10.9. The molecule has 0 aliphatic carbocycles. The lowest BCUT2D eigenvalue weighted by molar-refractivity contribution is 0.689. The minimum absolute atomic E-state index is 0.361. The fraction of sp³-hybridized carbons (Fsp3) is 0.250. The molecule has 0 spiro atoms. The fourth-order valence-electron chi connectivity index (χ4n) is 0.702. The predicted octanol–water partition coefficient (Wildman–Crippen LogP) is 0.412. The second-order valence-electron chi connectivity index (χ2n) is 1.67. The van der Waals surface area contributed by atoms with Crippen molar-refractivity contribution in [2.75, 3.05) is 5.88 Å². The third-order valence-corrected chi connectivity index (χ3v) is 2.27. The molecule has 0 bridgehead atoms. The van der Waals surface area contributed by atoms with E-state index in [2.05, 4.69) is 15.2 Å². The Balaban J connectivity index is 2.53. The van der Waals surface area contributed by atoms with Gasteiger partial charge in [0.1, 0.15) is 10.8 Å². The zero-order chi connectivity index (χ0) is 6.27. The molecule has 1 atom stereocenters. The fourth-order valence-corrected chi connectivity index (χ4v) is 1.55. The second kappa shape index (κ2) is 1.57. The van der Waals surface area contributed by atoms with Gasteiger partial charge in [-0.2, -0.15) is 5.11 Å². The van der Waals surface area contributed by atoms with Gasteiger partial charge >= 0.3 is 0 Å². The summed E-state index contributed by atoms with van der Waals surface area (Å²) in [4.78, 5) is 4.54. The van der Waals surface area contributed by atoms with E-state index in [0.717, 1.165) is 0 Å². The summed E-state index contributed by atoms with van der Waals surface area (Å²) >= 11 is 0. The smallest absolute Gasteiger partial charge is 0.188 e. The van der Waals surface area contributed by atoms with Crippen molar-refractivity contribution in [2.45, 2.75) is 0 Å². The summed E-state index contributed by atoms with van der Waals surface area (Å²) in [6.07, 6.45) is 1.50. The van der Waals surface area contributed by atoms with Gasteiger partial charge in [0.25, 0.3) is 0 Å². The normalized spacial score (nSPS) is 30.0. The molecule has 0 radical (unpaired) electrons. The zero-order valence-corrected chi connectivity index (χ0v) is 5.26. The molecule has 0 fully saturated rings. The first-order chi connectivity index (χ1) is 4.38. The molecule has 0 N–H and O–H groups in total. The van der Waals surface area contributed by atoms with Crippen LogP contribution in [0.4, 0.5) is 0 Å². The van der Waals surface area contributed by atoms with E-state index in [-0.39, 0.29) is 0 Å². The van der Waals surface area contributed by atoms with Crippen molar-refractivity contribution in [2.24, 2.45) is 15.2 Å². The number of nitrogens with zero attached hydrogens (tertiary/aromatic N) is 3. The minimum Gasteiger partial charge on any atom is -0.252 e. The van der Waals surface area contributed by atoms with Crippen molar-refractivity contribution in [1.82, 2.24) is 0 Å². The van der Waals surface area contributed by atoms with Gasteiger partial charge in [-0.25, -0.2) is 0 Å². The van der Waals surface area contributed by atoms with Crippen LogP contribution in [0.3, 0.4) is 0 Å². The average molecular weight is 141 g/mol. The lowest BCUT2D eigenvalue weighted by Crippen LogP contribution is -1.92. The van der Waals surface area contributed by atoms with Crippen LogP contribution in [-0.2, 0) is 10.8 Å². The number of rotatable bonds is 0. The van der Waals surface area contributed by atoms with Crippen LogP contribution >= 0.6 is 0 Å². The Morgan fingerprint density at radius 3 is 3.33 bits per heavy atom. The monoisotopic (exact) mass is 141 g/mol. The summed E-state index contributed by atoms with van der Waals surface area (Å²) in [5.74, 6) is 0.911. The van der Waals surface area contributed by atoms with Gasteiger partial charge in [0, 0.05) is 0 Å². The van der Waals surface area contributed by atoms with E-state index >= 15 is 0 Å². The molecule has 0 amide bonds.